The van der Waals surface area contributed by atoms with Gasteiger partial charge in [0.15, 0.2) is 0 Å². The quantitative estimate of drug-likeness (QED) is 0.780. The summed E-state index contributed by atoms with van der Waals surface area (Å²) in [5.74, 6) is 0.982. The van der Waals surface area contributed by atoms with Gasteiger partial charge in [0, 0.05) is 18.5 Å². The van der Waals surface area contributed by atoms with Crippen molar-refractivity contribution in [2.75, 3.05) is 13.7 Å². The predicted octanol–water partition coefficient (Wildman–Crippen LogP) is 2.61. The molecule has 0 atom stereocenters. The summed E-state index contributed by atoms with van der Waals surface area (Å²) in [5.41, 5.74) is 3.44. The maximum atomic E-state index is 5.30. The van der Waals surface area contributed by atoms with E-state index in [9.17, 15) is 0 Å². The van der Waals surface area contributed by atoms with Crippen molar-refractivity contribution < 1.29 is 4.74 Å². The van der Waals surface area contributed by atoms with E-state index in [0.717, 1.165) is 18.8 Å². The molecule has 1 saturated carbocycles. The van der Waals surface area contributed by atoms with Crippen molar-refractivity contribution in [1.82, 2.24) is 5.32 Å². The molecule has 1 spiro atoms. The fourth-order valence-corrected chi connectivity index (χ4v) is 3.39. The summed E-state index contributed by atoms with van der Waals surface area (Å²) in [5, 5.41) is 3.57. The molecule has 1 aromatic carbocycles. The Kier molecular flexibility index (Phi) is 2.40. The summed E-state index contributed by atoms with van der Waals surface area (Å²) in [6, 6.07) is 6.60. The Balaban J connectivity index is 2.05. The molecule has 2 nitrogen and oxygen atoms in total. The number of methoxy groups -OCH3 is 1. The molecule has 3 rings (SSSR count). The molecule has 1 heterocycles. The van der Waals surface area contributed by atoms with Gasteiger partial charge in [0.25, 0.3) is 0 Å². The molecular formula is C14H19NO. The lowest BCUT2D eigenvalue weighted by Gasteiger charge is -2.36. The molecular weight excluding hydrogens is 198 g/mol. The zero-order chi connectivity index (χ0) is 11.0. The highest BCUT2D eigenvalue weighted by atomic mass is 16.5. The zero-order valence-electron chi connectivity index (χ0n) is 9.88. The van der Waals surface area contributed by atoms with Crippen LogP contribution in [-0.4, -0.2) is 13.7 Å². The summed E-state index contributed by atoms with van der Waals surface area (Å²) in [4.78, 5) is 0. The van der Waals surface area contributed by atoms with E-state index in [-0.39, 0.29) is 0 Å². The van der Waals surface area contributed by atoms with Gasteiger partial charge in [-0.05, 0) is 36.1 Å². The van der Waals surface area contributed by atoms with Crippen LogP contribution in [0.25, 0.3) is 0 Å². The highest BCUT2D eigenvalue weighted by Crippen LogP contribution is 2.44. The van der Waals surface area contributed by atoms with Crippen molar-refractivity contribution in [3.63, 3.8) is 0 Å². The lowest BCUT2D eigenvalue weighted by atomic mass is 9.74. The van der Waals surface area contributed by atoms with Gasteiger partial charge < -0.3 is 10.1 Å². The van der Waals surface area contributed by atoms with E-state index in [1.165, 1.54) is 31.2 Å². The molecule has 0 unspecified atom stereocenters. The van der Waals surface area contributed by atoms with E-state index in [4.69, 9.17) is 4.74 Å². The molecule has 1 aromatic rings. The van der Waals surface area contributed by atoms with Crippen LogP contribution in [0, 0.1) is 0 Å². The summed E-state index contributed by atoms with van der Waals surface area (Å²) in [6.07, 6.45) is 5.46. The second kappa shape index (κ2) is 3.77. The average Bonchev–Trinajstić information content (AvgIpc) is 2.78. The molecule has 86 valence electrons. The normalized spacial score (nSPS) is 22.1. The van der Waals surface area contributed by atoms with Gasteiger partial charge in [0.05, 0.1) is 7.11 Å². The third-order valence-electron chi connectivity index (χ3n) is 4.22. The first kappa shape index (κ1) is 10.2. The van der Waals surface area contributed by atoms with Crippen LogP contribution in [0.5, 0.6) is 5.75 Å². The molecule has 1 N–H and O–H groups in total. The Hall–Kier alpha value is -1.02. The van der Waals surface area contributed by atoms with Crippen LogP contribution in [0.4, 0.5) is 0 Å². The molecule has 0 amide bonds. The predicted molar refractivity (Wildman–Crippen MR) is 64.8 cm³/mol. The van der Waals surface area contributed by atoms with Crippen molar-refractivity contribution in [2.24, 2.45) is 0 Å². The first-order chi connectivity index (χ1) is 7.84. The molecule has 0 radical (unpaired) electrons. The van der Waals surface area contributed by atoms with E-state index in [1.54, 1.807) is 12.7 Å². The first-order valence-electron chi connectivity index (χ1n) is 6.22. The highest BCUT2D eigenvalue weighted by molar-refractivity contribution is 5.42. The molecule has 16 heavy (non-hydrogen) atoms. The molecule has 0 saturated heterocycles. The summed E-state index contributed by atoms with van der Waals surface area (Å²) >= 11 is 0. The molecule has 0 bridgehead atoms. The Bertz CT molecular complexity index is 394. The third kappa shape index (κ3) is 1.44. The van der Waals surface area contributed by atoms with Crippen molar-refractivity contribution in [1.29, 1.82) is 0 Å². The van der Waals surface area contributed by atoms with Crippen molar-refractivity contribution in [3.05, 3.63) is 29.3 Å². The van der Waals surface area contributed by atoms with E-state index in [0.29, 0.717) is 5.41 Å². The van der Waals surface area contributed by atoms with Crippen molar-refractivity contribution in [2.45, 2.75) is 37.6 Å². The molecule has 1 aliphatic heterocycles. The SMILES string of the molecule is COc1ccc2c(c1)CNCC21CCCC1. The van der Waals surface area contributed by atoms with Crippen molar-refractivity contribution >= 4 is 0 Å². The Morgan fingerprint density at radius 1 is 1.25 bits per heavy atom. The number of benzene rings is 1. The van der Waals surface area contributed by atoms with Crippen LogP contribution < -0.4 is 10.1 Å². The minimum absolute atomic E-state index is 0.430. The fraction of sp³-hybridized carbons (Fsp3) is 0.571. The van der Waals surface area contributed by atoms with Crippen LogP contribution in [-0.2, 0) is 12.0 Å². The van der Waals surface area contributed by atoms with Crippen LogP contribution >= 0.6 is 0 Å². The van der Waals surface area contributed by atoms with Crippen LogP contribution in [0.3, 0.4) is 0 Å². The molecule has 1 aliphatic carbocycles. The van der Waals surface area contributed by atoms with Gasteiger partial charge in [-0.25, -0.2) is 0 Å². The van der Waals surface area contributed by atoms with Gasteiger partial charge in [-0.15, -0.1) is 0 Å². The first-order valence-corrected chi connectivity index (χ1v) is 6.22. The van der Waals surface area contributed by atoms with Crippen LogP contribution in [0.15, 0.2) is 18.2 Å². The highest BCUT2D eigenvalue weighted by Gasteiger charge is 2.38. The molecule has 0 aromatic heterocycles. The number of fused-ring (bicyclic) bond motifs is 2. The smallest absolute Gasteiger partial charge is 0.119 e. The van der Waals surface area contributed by atoms with Crippen LogP contribution in [0.1, 0.15) is 36.8 Å². The topological polar surface area (TPSA) is 21.3 Å². The second-order valence-electron chi connectivity index (χ2n) is 5.11. The molecule has 2 heteroatoms. The van der Waals surface area contributed by atoms with E-state index >= 15 is 0 Å². The third-order valence-corrected chi connectivity index (χ3v) is 4.22. The monoisotopic (exact) mass is 217 g/mol. The maximum absolute atomic E-state index is 5.30. The summed E-state index contributed by atoms with van der Waals surface area (Å²) < 4.78 is 5.30. The Morgan fingerprint density at radius 3 is 2.81 bits per heavy atom. The lowest BCUT2D eigenvalue weighted by Crippen LogP contribution is -2.41. The van der Waals surface area contributed by atoms with Gasteiger partial charge in [0.1, 0.15) is 5.75 Å². The van der Waals surface area contributed by atoms with E-state index in [2.05, 4.69) is 23.5 Å². The number of ether oxygens (including phenoxy) is 1. The Morgan fingerprint density at radius 2 is 2.06 bits per heavy atom. The number of rotatable bonds is 1. The van der Waals surface area contributed by atoms with Crippen molar-refractivity contribution in [3.8, 4) is 5.75 Å². The molecule has 1 fully saturated rings. The summed E-state index contributed by atoms with van der Waals surface area (Å²) in [6.45, 7) is 2.15. The van der Waals surface area contributed by atoms with Gasteiger partial charge >= 0.3 is 0 Å². The standard InChI is InChI=1S/C14H19NO/c1-16-12-4-5-13-11(8-12)9-15-10-14(13)6-2-3-7-14/h4-5,8,15H,2-3,6-7,9-10H2,1H3. The Labute approximate surface area is 97.0 Å². The van der Waals surface area contributed by atoms with E-state index < -0.39 is 0 Å². The number of hydrogen-bond acceptors (Lipinski definition) is 2. The number of hydrogen-bond donors (Lipinski definition) is 1. The van der Waals surface area contributed by atoms with E-state index in [1.807, 2.05) is 0 Å². The van der Waals surface area contributed by atoms with Crippen LogP contribution in [0.2, 0.25) is 0 Å². The maximum Gasteiger partial charge on any atom is 0.119 e. The average molecular weight is 217 g/mol. The minimum atomic E-state index is 0.430. The molecule has 2 aliphatic rings. The number of nitrogens with one attached hydrogen (secondary N) is 1. The minimum Gasteiger partial charge on any atom is -0.497 e. The van der Waals surface area contributed by atoms with Gasteiger partial charge in [0.2, 0.25) is 0 Å². The largest absolute Gasteiger partial charge is 0.497 e. The van der Waals surface area contributed by atoms with Gasteiger partial charge in [-0.1, -0.05) is 18.9 Å². The fourth-order valence-electron chi connectivity index (χ4n) is 3.39. The zero-order valence-corrected chi connectivity index (χ0v) is 9.88. The van der Waals surface area contributed by atoms with Gasteiger partial charge in [-0.2, -0.15) is 0 Å². The second-order valence-corrected chi connectivity index (χ2v) is 5.11. The summed E-state index contributed by atoms with van der Waals surface area (Å²) in [7, 11) is 1.74. The van der Waals surface area contributed by atoms with Gasteiger partial charge in [-0.3, -0.25) is 0 Å². The lowest BCUT2D eigenvalue weighted by molar-refractivity contribution is 0.372.